The van der Waals surface area contributed by atoms with Crippen LogP contribution in [0.15, 0.2) is 91.0 Å². The molecule has 3 aromatic carbocycles. The van der Waals surface area contributed by atoms with Gasteiger partial charge in [-0.05, 0) is 104 Å². The summed E-state index contributed by atoms with van der Waals surface area (Å²) in [5, 5.41) is 28.1. The Morgan fingerprint density at radius 3 is 0.965 bits per heavy atom. The molecule has 0 saturated carbocycles. The summed E-state index contributed by atoms with van der Waals surface area (Å²) in [4.78, 5) is 141. The SMILES string of the molecule is CC(=O)N[C@H](C(=O)N1CCCC1C(=O)OCc1ccccc1)C(C)C.CC(C)[C@H](N)C(=O)N1CCCC1C(=O)OCc1ccccc1.CC(C)[C@H](N)C(O)C(F)(F)F.COC(=O)N[C@H](C(=O)N1CCCC1C(=O)N[C@@H](C(C)C)C(O)C(F)(F)F)C(C)C.COC(=O)N[C@H](C(=O)N1CCCC1C(=O)OCc1ccccc1)C(C)C. The average molecular weight is 1610 g/mol. The van der Waals surface area contributed by atoms with Crippen molar-refractivity contribution in [2.45, 2.75) is 246 Å². The number of methoxy groups -OCH3 is 2. The third kappa shape index (κ3) is 31.6. The van der Waals surface area contributed by atoms with Crippen LogP contribution in [0.3, 0.4) is 0 Å². The number of aliphatic hydroxyl groups is 2. The van der Waals surface area contributed by atoms with E-state index in [9.17, 15) is 84.2 Å². The number of carbonyl (C=O) groups excluding carboxylic acids is 11. The molecule has 0 aromatic heterocycles. The zero-order chi connectivity index (χ0) is 85.4. The Morgan fingerprint density at radius 2 is 0.708 bits per heavy atom. The second-order valence-electron chi connectivity index (χ2n) is 30.0. The second-order valence-corrected chi connectivity index (χ2v) is 30.0. The molecule has 4 fully saturated rings. The molecule has 0 radical (unpaired) electrons. The van der Waals surface area contributed by atoms with Crippen molar-refractivity contribution in [1.82, 2.24) is 40.9 Å². The summed E-state index contributed by atoms with van der Waals surface area (Å²) < 4.78 is 99.2. The molecule has 8 amide bonds. The van der Waals surface area contributed by atoms with Crippen LogP contribution < -0.4 is 32.7 Å². The molecule has 634 valence electrons. The number of benzene rings is 3. The molecular weight excluding hydrogens is 1490 g/mol. The number of aliphatic hydroxyl groups excluding tert-OH is 2. The van der Waals surface area contributed by atoms with Gasteiger partial charge in [0.1, 0.15) is 62.1 Å². The molecule has 28 nitrogen and oxygen atoms in total. The van der Waals surface area contributed by atoms with E-state index in [1.54, 1.807) is 23.6 Å². The van der Waals surface area contributed by atoms with Crippen LogP contribution in [0, 0.1) is 35.5 Å². The van der Waals surface area contributed by atoms with E-state index in [-0.39, 0.29) is 97.9 Å². The van der Waals surface area contributed by atoms with Crippen molar-refractivity contribution in [1.29, 1.82) is 0 Å². The third-order valence-corrected chi connectivity index (χ3v) is 19.2. The number of nitrogens with one attached hydrogen (secondary N) is 4. The molecule has 4 heterocycles. The largest absolute Gasteiger partial charge is 0.459 e. The molecule has 4 saturated heterocycles. The summed E-state index contributed by atoms with van der Waals surface area (Å²) in [7, 11) is 2.40. The first-order chi connectivity index (χ1) is 52.9. The number of rotatable bonds is 26. The van der Waals surface area contributed by atoms with Gasteiger partial charge >= 0.3 is 42.4 Å². The smallest absolute Gasteiger partial charge is 0.416 e. The minimum absolute atomic E-state index is 0.0501. The molecule has 113 heavy (non-hydrogen) atoms. The van der Waals surface area contributed by atoms with Crippen molar-refractivity contribution >= 4 is 65.5 Å². The Kier molecular flexibility index (Phi) is 41.2. The Balaban J connectivity index is 0.000000374. The zero-order valence-electron chi connectivity index (χ0n) is 67.3. The maximum Gasteiger partial charge on any atom is 0.416 e. The van der Waals surface area contributed by atoms with Crippen LogP contribution in [0.1, 0.15) is 158 Å². The van der Waals surface area contributed by atoms with E-state index >= 15 is 0 Å². The number of nitrogens with zero attached hydrogens (tertiary/aromatic N) is 4. The molecule has 4 aliphatic heterocycles. The van der Waals surface area contributed by atoms with E-state index in [1.807, 2.05) is 133 Å². The van der Waals surface area contributed by atoms with Gasteiger partial charge in [-0.2, -0.15) is 26.3 Å². The average Bonchev–Trinajstić information content (AvgIpc) is 1.54. The fourth-order valence-corrected chi connectivity index (χ4v) is 12.4. The molecule has 10 N–H and O–H groups in total. The number of alkyl carbamates (subject to hydrolysis) is 2. The fraction of sp³-hybridized carbons (Fsp3) is 0.633. The highest BCUT2D eigenvalue weighted by Crippen LogP contribution is 2.30. The Hall–Kier alpha value is -9.15. The predicted molar refractivity (Wildman–Crippen MR) is 405 cm³/mol. The minimum atomic E-state index is -4.89. The van der Waals surface area contributed by atoms with Gasteiger partial charge in [0.05, 0.1) is 26.3 Å². The number of esters is 3. The van der Waals surface area contributed by atoms with Gasteiger partial charge in [0.25, 0.3) is 0 Å². The van der Waals surface area contributed by atoms with Crippen LogP contribution in [0.2, 0.25) is 0 Å². The van der Waals surface area contributed by atoms with E-state index in [0.29, 0.717) is 45.3 Å². The molecular formula is C79H118F6N10O18. The normalized spacial score (nSPS) is 18.9. The number of likely N-dealkylation sites (tertiary alicyclic amines) is 4. The lowest BCUT2D eigenvalue weighted by Gasteiger charge is -2.33. The summed E-state index contributed by atoms with van der Waals surface area (Å²) >= 11 is 0. The van der Waals surface area contributed by atoms with Crippen LogP contribution in [-0.2, 0) is 86.7 Å². The maximum atomic E-state index is 12.9. The van der Waals surface area contributed by atoms with E-state index in [2.05, 4.69) is 30.7 Å². The number of carbonyl (C=O) groups is 11. The number of alkyl halides is 6. The highest BCUT2D eigenvalue weighted by atomic mass is 19.4. The van der Waals surface area contributed by atoms with Gasteiger partial charge < -0.3 is 86.2 Å². The van der Waals surface area contributed by atoms with Crippen LogP contribution in [0.25, 0.3) is 0 Å². The topological polar surface area (TPSA) is 388 Å². The fourth-order valence-electron chi connectivity index (χ4n) is 12.4. The van der Waals surface area contributed by atoms with Gasteiger partial charge in [-0.3, -0.25) is 28.8 Å². The number of halogens is 6. The predicted octanol–water partition coefficient (Wildman–Crippen LogP) is 8.00. The van der Waals surface area contributed by atoms with Crippen LogP contribution in [0.5, 0.6) is 0 Å². The Labute approximate surface area is 658 Å². The first kappa shape index (κ1) is 98.0. The van der Waals surface area contributed by atoms with Crippen molar-refractivity contribution in [2.75, 3.05) is 40.4 Å². The van der Waals surface area contributed by atoms with Crippen LogP contribution >= 0.6 is 0 Å². The molecule has 0 spiro atoms. The van der Waals surface area contributed by atoms with Gasteiger partial charge in [-0.25, -0.2) is 24.0 Å². The summed E-state index contributed by atoms with van der Waals surface area (Å²) in [6.07, 6.45) is -11.3. The van der Waals surface area contributed by atoms with Crippen molar-refractivity contribution in [3.63, 3.8) is 0 Å². The monoisotopic (exact) mass is 1610 g/mol. The molecule has 12 atom stereocenters. The van der Waals surface area contributed by atoms with Crippen molar-refractivity contribution in [2.24, 2.45) is 47.0 Å². The first-order valence-electron chi connectivity index (χ1n) is 38.0. The van der Waals surface area contributed by atoms with Gasteiger partial charge in [0.2, 0.25) is 35.4 Å². The minimum Gasteiger partial charge on any atom is -0.459 e. The summed E-state index contributed by atoms with van der Waals surface area (Å²) in [5.74, 6) is -4.86. The van der Waals surface area contributed by atoms with E-state index in [0.717, 1.165) is 43.1 Å². The summed E-state index contributed by atoms with van der Waals surface area (Å²) in [6, 6.07) is 20.0. The number of nitrogens with two attached hydrogens (primary N) is 2. The number of ether oxygens (including phenoxy) is 5. The van der Waals surface area contributed by atoms with Crippen molar-refractivity contribution < 1.29 is 113 Å². The number of amides is 8. The molecule has 0 aliphatic carbocycles. The van der Waals surface area contributed by atoms with Gasteiger partial charge in [-0.15, -0.1) is 0 Å². The molecule has 6 unspecified atom stereocenters. The van der Waals surface area contributed by atoms with Gasteiger partial charge in [-0.1, -0.05) is 174 Å². The highest BCUT2D eigenvalue weighted by molar-refractivity contribution is 5.94. The van der Waals surface area contributed by atoms with Gasteiger partial charge in [0.15, 0.2) is 12.2 Å². The van der Waals surface area contributed by atoms with Crippen LogP contribution in [-0.4, -0.2) is 221 Å². The molecule has 0 bridgehead atoms. The maximum absolute atomic E-state index is 12.9. The summed E-state index contributed by atoms with van der Waals surface area (Å²) in [6.45, 7) is 24.3. The number of hydrogen-bond donors (Lipinski definition) is 8. The van der Waals surface area contributed by atoms with Crippen molar-refractivity contribution in [3.8, 4) is 0 Å². The lowest BCUT2D eigenvalue weighted by atomic mass is 9.97. The lowest BCUT2D eigenvalue weighted by molar-refractivity contribution is -0.215. The van der Waals surface area contributed by atoms with E-state index in [1.165, 1.54) is 51.5 Å². The Bertz CT molecular complexity index is 3490. The van der Waals surface area contributed by atoms with Gasteiger partial charge in [0, 0.05) is 39.1 Å². The first-order valence-corrected chi connectivity index (χ1v) is 38.0. The van der Waals surface area contributed by atoms with E-state index in [4.69, 9.17) is 30.8 Å². The standard InChI is InChI=1S/C19H26N2O5.C19H26N2O4.C18H30F3N3O5.C17H24N2O3.C6H12F3NO/c1-13(2)16(20-19(24)25-3)17(22)21-11-7-10-15(21)18(23)26-12-14-8-5-4-6-9-14;1-13(2)17(20-14(3)22)18(23)21-11-7-10-16(21)19(24)25-12-15-8-5-4-6-9-15;1-9(2)12(14(25)18(19,20)21)22-15(26)11-7-6-8-24(11)16(27)13(10(3)4)23-17(28)29-5;1-12(2)15(18)16(20)19-10-6-9-14(19)17(21)22-11-13-7-4-3-5-8-13;1-3(2)4(10)5(11)6(7,8)9/h4-6,8-9,13,15-16H,7,10-12H2,1-3H3,(H,20,24);4-6,8-9,13,16-17H,7,10-12H2,1-3H3,(H,20,22);9-14,25H,6-8H2,1-5H3,(H,22,26)(H,23,28);3-5,7-8,12,14-15H,6,9-11,18H2,1-2H3;3-5,11H,10H2,1-2H3/t15?,16-;16?,17-;11?,12-,13-,14?;14?,15-;4-,5?/m00000/s1. The third-order valence-electron chi connectivity index (χ3n) is 19.2. The highest BCUT2D eigenvalue weighted by Gasteiger charge is 2.48. The lowest BCUT2D eigenvalue weighted by Crippen LogP contribution is -2.59. The second kappa shape index (κ2) is 47.5. The number of hydrogen-bond acceptors (Lipinski definition) is 20. The summed E-state index contributed by atoms with van der Waals surface area (Å²) in [5.41, 5.74) is 13.7. The quantitative estimate of drug-likeness (QED) is 0.0214. The van der Waals surface area contributed by atoms with Crippen LogP contribution in [0.4, 0.5) is 35.9 Å². The Morgan fingerprint density at radius 1 is 0.416 bits per heavy atom. The molecule has 7 rings (SSSR count). The zero-order valence-corrected chi connectivity index (χ0v) is 67.3. The molecule has 4 aliphatic rings. The van der Waals surface area contributed by atoms with E-state index < -0.39 is 121 Å². The van der Waals surface area contributed by atoms with Crippen molar-refractivity contribution in [3.05, 3.63) is 108 Å². The molecule has 3 aromatic rings. The molecule has 34 heteroatoms.